The number of rotatable bonds is 7. The summed E-state index contributed by atoms with van der Waals surface area (Å²) in [6.45, 7) is 3.97. The highest BCUT2D eigenvalue weighted by molar-refractivity contribution is 6.30. The number of hydrogen-bond donors (Lipinski definition) is 1. The van der Waals surface area contributed by atoms with Gasteiger partial charge in [0, 0.05) is 18.5 Å². The van der Waals surface area contributed by atoms with Crippen LogP contribution in [-0.4, -0.2) is 24.2 Å². The summed E-state index contributed by atoms with van der Waals surface area (Å²) >= 11 is 6.10. The van der Waals surface area contributed by atoms with Crippen LogP contribution in [-0.2, 0) is 0 Å². The maximum absolute atomic E-state index is 6.10. The number of hydrogen-bond acceptors (Lipinski definition) is 3. The van der Waals surface area contributed by atoms with Crippen LogP contribution >= 0.6 is 11.6 Å². The van der Waals surface area contributed by atoms with E-state index in [0.717, 1.165) is 30.7 Å². The molecule has 0 saturated carbocycles. The number of nitrogens with zero attached hydrogens (tertiary/aromatic N) is 1. The molecule has 0 unspecified atom stereocenters. The van der Waals surface area contributed by atoms with Gasteiger partial charge in [-0.1, -0.05) is 49.6 Å². The van der Waals surface area contributed by atoms with Gasteiger partial charge < -0.3 is 10.1 Å². The molecule has 4 heteroatoms. The third kappa shape index (κ3) is 5.87. The second-order valence-corrected chi connectivity index (χ2v) is 6.08. The number of pyridine rings is 1. The Morgan fingerprint density at radius 2 is 2.32 bits per heavy atom. The van der Waals surface area contributed by atoms with E-state index in [1.54, 1.807) is 6.20 Å². The van der Waals surface area contributed by atoms with Crippen molar-refractivity contribution in [1.29, 1.82) is 0 Å². The number of halogens is 1. The summed E-state index contributed by atoms with van der Waals surface area (Å²) in [5.41, 5.74) is 0.758. The zero-order valence-corrected chi connectivity index (χ0v) is 14.1. The fourth-order valence-electron chi connectivity index (χ4n) is 2.49. The molecule has 0 radical (unpaired) electrons. The van der Waals surface area contributed by atoms with Crippen LogP contribution in [0.2, 0.25) is 5.15 Å². The second kappa shape index (κ2) is 9.71. The smallest absolute Gasteiger partial charge is 0.144 e. The highest BCUT2D eigenvalue weighted by atomic mass is 35.5. The molecule has 1 aliphatic heterocycles. The number of ether oxygens (including phenoxy) is 1. The minimum absolute atomic E-state index is 0.448. The molecular formula is C18H25ClN2O. The second-order valence-electron chi connectivity index (χ2n) is 5.73. The summed E-state index contributed by atoms with van der Waals surface area (Å²) in [7, 11) is 0. The van der Waals surface area contributed by atoms with Gasteiger partial charge in [-0.05, 0) is 25.8 Å². The molecular weight excluding hydrogens is 296 g/mol. The third-order valence-electron chi connectivity index (χ3n) is 3.81. The first kappa shape index (κ1) is 17.1. The van der Waals surface area contributed by atoms with Crippen LogP contribution in [0.4, 0.5) is 0 Å². The monoisotopic (exact) mass is 320 g/mol. The Morgan fingerprint density at radius 3 is 3.09 bits per heavy atom. The minimum atomic E-state index is 0.448. The van der Waals surface area contributed by atoms with Crippen LogP contribution in [0.1, 0.15) is 57.4 Å². The van der Waals surface area contributed by atoms with E-state index in [1.807, 2.05) is 6.07 Å². The number of aromatic nitrogens is 1. The van der Waals surface area contributed by atoms with Crippen LogP contribution in [0, 0.1) is 11.8 Å². The average Bonchev–Trinajstić information content (AvgIpc) is 3.04. The van der Waals surface area contributed by atoms with E-state index in [2.05, 4.69) is 29.1 Å². The maximum atomic E-state index is 6.10. The lowest BCUT2D eigenvalue weighted by molar-refractivity contribution is 0.276. The molecule has 120 valence electrons. The molecule has 0 amide bonds. The highest BCUT2D eigenvalue weighted by Crippen LogP contribution is 2.19. The van der Waals surface area contributed by atoms with E-state index in [0.29, 0.717) is 17.8 Å². The Morgan fingerprint density at radius 1 is 1.41 bits per heavy atom. The van der Waals surface area contributed by atoms with E-state index in [9.17, 15) is 0 Å². The van der Waals surface area contributed by atoms with Crippen molar-refractivity contribution in [3.05, 3.63) is 23.0 Å². The number of nitrogens with one attached hydrogen (secondary N) is 1. The molecule has 22 heavy (non-hydrogen) atoms. The van der Waals surface area contributed by atoms with Crippen molar-refractivity contribution >= 4 is 11.6 Å². The van der Waals surface area contributed by atoms with Crippen molar-refractivity contribution in [2.45, 2.75) is 57.9 Å². The van der Waals surface area contributed by atoms with E-state index >= 15 is 0 Å². The molecule has 0 spiro atoms. The van der Waals surface area contributed by atoms with Gasteiger partial charge in [0.2, 0.25) is 0 Å². The normalized spacial score (nSPS) is 17.1. The number of unbranched alkanes of at least 4 members (excludes halogenated alkanes) is 4. The molecule has 0 aliphatic carbocycles. The SMILES string of the molecule is CCCCCCC#Cc1cc(OC[C@@H]2CCCN2)cnc1Cl. The lowest BCUT2D eigenvalue weighted by Crippen LogP contribution is -2.28. The zero-order valence-electron chi connectivity index (χ0n) is 13.3. The van der Waals surface area contributed by atoms with Gasteiger partial charge in [-0.3, -0.25) is 0 Å². The molecule has 1 atom stereocenters. The van der Waals surface area contributed by atoms with Gasteiger partial charge >= 0.3 is 0 Å². The van der Waals surface area contributed by atoms with Gasteiger partial charge in [-0.2, -0.15) is 0 Å². The van der Waals surface area contributed by atoms with Gasteiger partial charge in [0.15, 0.2) is 0 Å². The fourth-order valence-corrected chi connectivity index (χ4v) is 2.64. The van der Waals surface area contributed by atoms with Gasteiger partial charge in [0.05, 0.1) is 11.8 Å². The first-order valence-corrected chi connectivity index (χ1v) is 8.68. The first-order chi connectivity index (χ1) is 10.8. The van der Waals surface area contributed by atoms with Gasteiger partial charge in [0.1, 0.15) is 17.5 Å². The summed E-state index contributed by atoms with van der Waals surface area (Å²) in [6.07, 6.45) is 9.90. The zero-order chi connectivity index (χ0) is 15.6. The molecule has 1 fully saturated rings. The Hall–Kier alpha value is -1.24. The van der Waals surface area contributed by atoms with Crippen molar-refractivity contribution in [2.75, 3.05) is 13.2 Å². The lowest BCUT2D eigenvalue weighted by atomic mass is 10.1. The fraction of sp³-hybridized carbons (Fsp3) is 0.611. The summed E-state index contributed by atoms with van der Waals surface area (Å²) in [5.74, 6) is 7.05. The highest BCUT2D eigenvalue weighted by Gasteiger charge is 2.14. The molecule has 1 aliphatic rings. The van der Waals surface area contributed by atoms with Crippen LogP contribution < -0.4 is 10.1 Å². The molecule has 0 bridgehead atoms. The predicted molar refractivity (Wildman–Crippen MR) is 91.4 cm³/mol. The minimum Gasteiger partial charge on any atom is -0.490 e. The molecule has 1 aromatic heterocycles. The van der Waals surface area contributed by atoms with E-state index in [-0.39, 0.29) is 0 Å². The molecule has 2 heterocycles. The summed E-state index contributed by atoms with van der Waals surface area (Å²) in [4.78, 5) is 4.17. The van der Waals surface area contributed by atoms with Gasteiger partial charge in [-0.15, -0.1) is 0 Å². The Balaban J connectivity index is 1.84. The van der Waals surface area contributed by atoms with Crippen LogP contribution in [0.15, 0.2) is 12.3 Å². The average molecular weight is 321 g/mol. The first-order valence-electron chi connectivity index (χ1n) is 8.30. The molecule has 1 N–H and O–H groups in total. The van der Waals surface area contributed by atoms with Crippen molar-refractivity contribution < 1.29 is 4.74 Å². The van der Waals surface area contributed by atoms with Crippen molar-refractivity contribution in [2.24, 2.45) is 0 Å². The molecule has 0 aromatic carbocycles. The van der Waals surface area contributed by atoms with Crippen LogP contribution in [0.3, 0.4) is 0 Å². The maximum Gasteiger partial charge on any atom is 0.144 e. The molecule has 1 aromatic rings. The van der Waals surface area contributed by atoms with Crippen molar-refractivity contribution in [3.8, 4) is 17.6 Å². The standard InChI is InChI=1S/C18H25ClN2O/c1-2-3-4-5-6-7-9-15-12-17(13-21-18(15)19)22-14-16-10-8-11-20-16/h12-13,16,20H,2-6,8,10-11,14H2,1H3/t16-/m0/s1. The van der Waals surface area contributed by atoms with Crippen LogP contribution in [0.25, 0.3) is 0 Å². The van der Waals surface area contributed by atoms with Crippen molar-refractivity contribution in [3.63, 3.8) is 0 Å². The Bertz CT molecular complexity index is 516. The van der Waals surface area contributed by atoms with Crippen LogP contribution in [0.5, 0.6) is 5.75 Å². The summed E-state index contributed by atoms with van der Waals surface area (Å²) in [6, 6.07) is 2.34. The van der Waals surface area contributed by atoms with Gasteiger partial charge in [-0.25, -0.2) is 4.98 Å². The van der Waals surface area contributed by atoms with E-state index in [4.69, 9.17) is 16.3 Å². The molecule has 1 saturated heterocycles. The third-order valence-corrected chi connectivity index (χ3v) is 4.11. The van der Waals surface area contributed by atoms with Gasteiger partial charge in [0.25, 0.3) is 0 Å². The largest absolute Gasteiger partial charge is 0.490 e. The quantitative estimate of drug-likeness (QED) is 0.465. The molecule has 3 nitrogen and oxygen atoms in total. The predicted octanol–water partition coefficient (Wildman–Crippen LogP) is 4.19. The van der Waals surface area contributed by atoms with E-state index < -0.39 is 0 Å². The molecule has 2 rings (SSSR count). The summed E-state index contributed by atoms with van der Waals surface area (Å²) < 4.78 is 5.79. The van der Waals surface area contributed by atoms with Crippen molar-refractivity contribution in [1.82, 2.24) is 10.3 Å². The lowest BCUT2D eigenvalue weighted by Gasteiger charge is -2.12. The summed E-state index contributed by atoms with van der Waals surface area (Å²) in [5, 5.41) is 3.86. The Labute approximate surface area is 138 Å². The Kier molecular flexibility index (Phi) is 7.56. The van der Waals surface area contributed by atoms with E-state index in [1.165, 1.54) is 32.1 Å². The topological polar surface area (TPSA) is 34.1 Å².